The summed E-state index contributed by atoms with van der Waals surface area (Å²) >= 11 is 5.83. The van der Waals surface area contributed by atoms with Gasteiger partial charge in [0.1, 0.15) is 5.54 Å². The lowest BCUT2D eigenvalue weighted by Gasteiger charge is -2.24. The molecule has 1 atom stereocenters. The van der Waals surface area contributed by atoms with Crippen LogP contribution in [0.4, 0.5) is 5.69 Å². The third kappa shape index (κ3) is 2.61. The van der Waals surface area contributed by atoms with Crippen LogP contribution in [0.15, 0.2) is 48.8 Å². The second kappa shape index (κ2) is 5.07. The molecule has 0 fully saturated rings. The van der Waals surface area contributed by atoms with Crippen LogP contribution in [0.5, 0.6) is 0 Å². The lowest BCUT2D eigenvalue weighted by molar-refractivity contribution is 0.705. The molecule has 0 aliphatic heterocycles. The molecule has 0 radical (unpaired) electrons. The van der Waals surface area contributed by atoms with E-state index in [9.17, 15) is 5.26 Å². The number of nitrogens with one attached hydrogen (secondary N) is 1. The van der Waals surface area contributed by atoms with E-state index in [2.05, 4.69) is 16.4 Å². The van der Waals surface area contributed by atoms with Gasteiger partial charge in [-0.3, -0.25) is 4.98 Å². The molecule has 0 aliphatic rings. The molecule has 0 amide bonds. The Morgan fingerprint density at radius 3 is 2.33 bits per heavy atom. The average Bonchev–Trinajstić information content (AvgIpc) is 2.42. The molecule has 18 heavy (non-hydrogen) atoms. The first-order valence-corrected chi connectivity index (χ1v) is 5.87. The lowest BCUT2D eigenvalue weighted by Crippen LogP contribution is -2.29. The summed E-state index contributed by atoms with van der Waals surface area (Å²) in [5.74, 6) is 0. The van der Waals surface area contributed by atoms with E-state index in [0.29, 0.717) is 5.02 Å². The van der Waals surface area contributed by atoms with Crippen molar-refractivity contribution >= 4 is 17.3 Å². The summed E-state index contributed by atoms with van der Waals surface area (Å²) in [6, 6.07) is 13.2. The molecule has 1 aromatic heterocycles. The molecule has 2 aromatic rings. The Kier molecular flexibility index (Phi) is 3.50. The number of hydrogen-bond acceptors (Lipinski definition) is 3. The van der Waals surface area contributed by atoms with Crippen LogP contribution in [0.2, 0.25) is 5.02 Å². The minimum Gasteiger partial charge on any atom is -0.364 e. The molecular weight excluding hydrogens is 246 g/mol. The SMILES string of the molecule is C[C@](C#N)(Nc1ccc(Cl)cc1)c1ccncc1. The summed E-state index contributed by atoms with van der Waals surface area (Å²) in [4.78, 5) is 3.96. The van der Waals surface area contributed by atoms with Crippen molar-refractivity contribution in [3.63, 3.8) is 0 Å². The molecular formula is C14H12ClN3. The molecule has 3 nitrogen and oxygen atoms in total. The van der Waals surface area contributed by atoms with E-state index in [1.807, 2.05) is 31.2 Å². The van der Waals surface area contributed by atoms with Crippen molar-refractivity contribution in [2.45, 2.75) is 12.5 Å². The highest BCUT2D eigenvalue weighted by atomic mass is 35.5. The van der Waals surface area contributed by atoms with Crippen LogP contribution in [-0.2, 0) is 5.54 Å². The number of benzene rings is 1. The predicted molar refractivity (Wildman–Crippen MR) is 72.3 cm³/mol. The van der Waals surface area contributed by atoms with Gasteiger partial charge in [-0.1, -0.05) is 11.6 Å². The number of pyridine rings is 1. The topological polar surface area (TPSA) is 48.7 Å². The van der Waals surface area contributed by atoms with Crippen LogP contribution in [0.1, 0.15) is 12.5 Å². The van der Waals surface area contributed by atoms with E-state index in [1.165, 1.54) is 0 Å². The molecule has 1 heterocycles. The van der Waals surface area contributed by atoms with E-state index in [-0.39, 0.29) is 0 Å². The number of rotatable bonds is 3. The Hall–Kier alpha value is -2.05. The van der Waals surface area contributed by atoms with Gasteiger partial charge in [0.05, 0.1) is 6.07 Å². The molecule has 0 saturated carbocycles. The smallest absolute Gasteiger partial charge is 0.148 e. The number of nitrogens with zero attached hydrogens (tertiary/aromatic N) is 2. The van der Waals surface area contributed by atoms with Crippen LogP contribution in [0.3, 0.4) is 0 Å². The van der Waals surface area contributed by atoms with E-state index in [0.717, 1.165) is 11.3 Å². The molecule has 2 rings (SSSR count). The summed E-state index contributed by atoms with van der Waals surface area (Å²) in [6.07, 6.45) is 3.35. The van der Waals surface area contributed by atoms with Crippen LogP contribution in [-0.4, -0.2) is 4.98 Å². The van der Waals surface area contributed by atoms with E-state index >= 15 is 0 Å². The molecule has 1 N–H and O–H groups in total. The van der Waals surface area contributed by atoms with E-state index < -0.39 is 5.54 Å². The monoisotopic (exact) mass is 257 g/mol. The highest BCUT2D eigenvalue weighted by Gasteiger charge is 2.25. The first-order chi connectivity index (χ1) is 8.64. The number of anilines is 1. The van der Waals surface area contributed by atoms with Crippen molar-refractivity contribution in [3.05, 3.63) is 59.4 Å². The normalized spacial score (nSPS) is 13.4. The summed E-state index contributed by atoms with van der Waals surface area (Å²) in [5.41, 5.74) is 0.923. The van der Waals surface area contributed by atoms with E-state index in [4.69, 9.17) is 11.6 Å². The second-order valence-corrected chi connectivity index (χ2v) is 4.54. The van der Waals surface area contributed by atoms with Crippen molar-refractivity contribution in [1.82, 2.24) is 4.98 Å². The van der Waals surface area contributed by atoms with Gasteiger partial charge in [-0.05, 0) is 48.9 Å². The predicted octanol–water partition coefficient (Wildman–Crippen LogP) is 3.59. The number of halogens is 1. The minimum absolute atomic E-state index is 0.670. The van der Waals surface area contributed by atoms with Crippen molar-refractivity contribution in [2.75, 3.05) is 5.32 Å². The molecule has 1 aromatic carbocycles. The van der Waals surface area contributed by atoms with Gasteiger partial charge >= 0.3 is 0 Å². The summed E-state index contributed by atoms with van der Waals surface area (Å²) in [7, 11) is 0. The number of aromatic nitrogens is 1. The fraction of sp³-hybridized carbons (Fsp3) is 0.143. The zero-order valence-corrected chi connectivity index (χ0v) is 10.6. The third-order valence-corrected chi connectivity index (χ3v) is 2.97. The maximum Gasteiger partial charge on any atom is 0.148 e. The van der Waals surface area contributed by atoms with Gasteiger partial charge in [-0.15, -0.1) is 0 Å². The van der Waals surface area contributed by atoms with Gasteiger partial charge in [0, 0.05) is 23.1 Å². The highest BCUT2D eigenvalue weighted by molar-refractivity contribution is 6.30. The minimum atomic E-state index is -0.795. The van der Waals surface area contributed by atoms with Crippen LogP contribution in [0.25, 0.3) is 0 Å². The van der Waals surface area contributed by atoms with E-state index in [1.54, 1.807) is 24.5 Å². The van der Waals surface area contributed by atoms with Crippen LogP contribution >= 0.6 is 11.6 Å². The fourth-order valence-corrected chi connectivity index (χ4v) is 1.80. The van der Waals surface area contributed by atoms with Gasteiger partial charge in [0.25, 0.3) is 0 Å². The lowest BCUT2D eigenvalue weighted by atomic mass is 9.94. The van der Waals surface area contributed by atoms with Crippen molar-refractivity contribution in [3.8, 4) is 6.07 Å². The summed E-state index contributed by atoms with van der Waals surface area (Å²) < 4.78 is 0. The van der Waals surface area contributed by atoms with Crippen molar-refractivity contribution in [2.24, 2.45) is 0 Å². The Bertz CT molecular complexity index is 560. The summed E-state index contributed by atoms with van der Waals surface area (Å²) in [5, 5.41) is 13.3. The van der Waals surface area contributed by atoms with Gasteiger partial charge in [0.2, 0.25) is 0 Å². The van der Waals surface area contributed by atoms with Crippen molar-refractivity contribution in [1.29, 1.82) is 5.26 Å². The van der Waals surface area contributed by atoms with Gasteiger partial charge < -0.3 is 5.32 Å². The largest absolute Gasteiger partial charge is 0.364 e. The standard InChI is InChI=1S/C14H12ClN3/c1-14(10-16,11-6-8-17-9-7-11)18-13-4-2-12(15)3-5-13/h2-9,18H,1H3/t14-/m1/s1. The highest BCUT2D eigenvalue weighted by Crippen LogP contribution is 2.25. The fourth-order valence-electron chi connectivity index (χ4n) is 1.67. The quantitative estimate of drug-likeness (QED) is 0.914. The number of nitriles is 1. The summed E-state index contributed by atoms with van der Waals surface area (Å²) in [6.45, 7) is 1.83. The van der Waals surface area contributed by atoms with Crippen LogP contribution in [0, 0.1) is 11.3 Å². The third-order valence-electron chi connectivity index (χ3n) is 2.72. The Balaban J connectivity index is 2.30. The average molecular weight is 258 g/mol. The zero-order valence-electron chi connectivity index (χ0n) is 9.89. The van der Waals surface area contributed by atoms with Gasteiger partial charge in [0.15, 0.2) is 0 Å². The van der Waals surface area contributed by atoms with Gasteiger partial charge in [-0.25, -0.2) is 0 Å². The first kappa shape index (κ1) is 12.4. The molecule has 0 bridgehead atoms. The molecule has 0 unspecified atom stereocenters. The number of hydrogen-bond donors (Lipinski definition) is 1. The maximum atomic E-state index is 9.40. The molecule has 4 heteroatoms. The molecule has 0 aliphatic carbocycles. The van der Waals surface area contributed by atoms with Crippen molar-refractivity contribution < 1.29 is 0 Å². The Labute approximate surface area is 111 Å². The zero-order chi connectivity index (χ0) is 13.0. The van der Waals surface area contributed by atoms with Crippen LogP contribution < -0.4 is 5.32 Å². The maximum absolute atomic E-state index is 9.40. The Morgan fingerprint density at radius 2 is 1.78 bits per heavy atom. The molecule has 0 spiro atoms. The molecule has 90 valence electrons. The second-order valence-electron chi connectivity index (χ2n) is 4.10. The first-order valence-electron chi connectivity index (χ1n) is 5.49. The molecule has 0 saturated heterocycles. The van der Waals surface area contributed by atoms with Gasteiger partial charge in [-0.2, -0.15) is 5.26 Å². The Morgan fingerprint density at radius 1 is 1.17 bits per heavy atom.